The molecule has 0 saturated carbocycles. The summed E-state index contributed by atoms with van der Waals surface area (Å²) in [5.41, 5.74) is 0.700. The fourth-order valence-electron chi connectivity index (χ4n) is 2.37. The van der Waals surface area contributed by atoms with E-state index in [2.05, 4.69) is 13.8 Å². The van der Waals surface area contributed by atoms with E-state index in [1.807, 2.05) is 4.90 Å². The Bertz CT molecular complexity index is 484. The van der Waals surface area contributed by atoms with Crippen LogP contribution in [0.4, 0.5) is 0 Å². The van der Waals surface area contributed by atoms with Crippen molar-refractivity contribution in [3.8, 4) is 0 Å². The summed E-state index contributed by atoms with van der Waals surface area (Å²) in [7, 11) is 0. The maximum atomic E-state index is 12.5. The van der Waals surface area contributed by atoms with Crippen LogP contribution in [0.2, 0.25) is 10.0 Å². The van der Waals surface area contributed by atoms with E-state index >= 15 is 0 Å². The molecule has 0 N–H and O–H groups in total. The van der Waals surface area contributed by atoms with Gasteiger partial charge >= 0.3 is 0 Å². The summed E-state index contributed by atoms with van der Waals surface area (Å²) >= 11 is 12.3. The van der Waals surface area contributed by atoms with Gasteiger partial charge in [-0.2, -0.15) is 0 Å². The highest BCUT2D eigenvalue weighted by molar-refractivity contribution is 6.37. The molecule has 0 aliphatic heterocycles. The SMILES string of the molecule is CCCCCN(CCCCC)C(=O)C=Cc1c(Cl)cccc1Cl. The maximum Gasteiger partial charge on any atom is 0.246 e. The lowest BCUT2D eigenvalue weighted by atomic mass is 10.2. The van der Waals surface area contributed by atoms with Gasteiger partial charge in [0, 0.05) is 34.8 Å². The number of benzene rings is 1. The first-order valence-corrected chi connectivity index (χ1v) is 9.26. The summed E-state index contributed by atoms with van der Waals surface area (Å²) in [6, 6.07) is 5.35. The summed E-state index contributed by atoms with van der Waals surface area (Å²) in [6.45, 7) is 5.97. The zero-order chi connectivity index (χ0) is 17.1. The van der Waals surface area contributed by atoms with Gasteiger partial charge < -0.3 is 4.90 Å². The molecular weight excluding hydrogens is 329 g/mol. The van der Waals surface area contributed by atoms with Crippen LogP contribution in [0.5, 0.6) is 0 Å². The number of hydrogen-bond acceptors (Lipinski definition) is 1. The molecule has 0 unspecified atom stereocenters. The van der Waals surface area contributed by atoms with Gasteiger partial charge in [-0.3, -0.25) is 4.79 Å². The molecule has 1 aromatic rings. The molecule has 0 aliphatic rings. The molecule has 0 radical (unpaired) electrons. The van der Waals surface area contributed by atoms with Crippen molar-refractivity contribution in [3.63, 3.8) is 0 Å². The molecule has 4 heteroatoms. The van der Waals surface area contributed by atoms with E-state index in [1.54, 1.807) is 30.4 Å². The van der Waals surface area contributed by atoms with E-state index in [1.165, 1.54) is 0 Å². The molecule has 0 aliphatic carbocycles. The molecular formula is C19H27Cl2NO. The lowest BCUT2D eigenvalue weighted by molar-refractivity contribution is -0.126. The first-order valence-electron chi connectivity index (χ1n) is 8.51. The number of unbranched alkanes of at least 4 members (excludes halogenated alkanes) is 4. The number of halogens is 2. The van der Waals surface area contributed by atoms with Gasteiger partial charge in [-0.05, 0) is 31.1 Å². The third-order valence-electron chi connectivity index (χ3n) is 3.77. The number of nitrogens with zero attached hydrogens (tertiary/aromatic N) is 1. The van der Waals surface area contributed by atoms with E-state index < -0.39 is 0 Å². The Morgan fingerprint density at radius 1 is 1.00 bits per heavy atom. The van der Waals surface area contributed by atoms with Crippen molar-refractivity contribution in [2.24, 2.45) is 0 Å². The van der Waals surface area contributed by atoms with E-state index in [0.717, 1.165) is 51.6 Å². The molecule has 23 heavy (non-hydrogen) atoms. The topological polar surface area (TPSA) is 20.3 Å². The first-order chi connectivity index (χ1) is 11.1. The number of hydrogen-bond donors (Lipinski definition) is 0. The highest BCUT2D eigenvalue weighted by Gasteiger charge is 2.10. The first kappa shape index (κ1) is 20.1. The highest BCUT2D eigenvalue weighted by Crippen LogP contribution is 2.25. The lowest BCUT2D eigenvalue weighted by Crippen LogP contribution is -2.31. The number of rotatable bonds is 10. The van der Waals surface area contributed by atoms with Gasteiger partial charge in [0.15, 0.2) is 0 Å². The Hall–Kier alpha value is -0.990. The summed E-state index contributed by atoms with van der Waals surface area (Å²) in [6.07, 6.45) is 10.0. The van der Waals surface area contributed by atoms with E-state index in [4.69, 9.17) is 23.2 Å². The van der Waals surface area contributed by atoms with Gasteiger partial charge in [-0.1, -0.05) is 68.8 Å². The van der Waals surface area contributed by atoms with E-state index in [-0.39, 0.29) is 5.91 Å². The van der Waals surface area contributed by atoms with Crippen LogP contribution in [-0.2, 0) is 4.79 Å². The molecule has 0 saturated heterocycles. The molecule has 0 bridgehead atoms. The number of amides is 1. The van der Waals surface area contributed by atoms with Crippen molar-refractivity contribution < 1.29 is 4.79 Å². The Kier molecular flexibility index (Phi) is 10.1. The second-order valence-corrected chi connectivity index (χ2v) is 6.52. The minimum atomic E-state index is 0.0354. The zero-order valence-electron chi connectivity index (χ0n) is 14.2. The van der Waals surface area contributed by atoms with Crippen molar-refractivity contribution in [1.82, 2.24) is 4.90 Å². The minimum Gasteiger partial charge on any atom is -0.339 e. The average Bonchev–Trinajstić information content (AvgIpc) is 2.53. The van der Waals surface area contributed by atoms with Crippen molar-refractivity contribution in [2.45, 2.75) is 52.4 Å². The van der Waals surface area contributed by atoms with Gasteiger partial charge in [-0.25, -0.2) is 0 Å². The molecule has 0 atom stereocenters. The minimum absolute atomic E-state index is 0.0354. The molecule has 0 spiro atoms. The fraction of sp³-hybridized carbons (Fsp3) is 0.526. The number of carbonyl (C=O) groups excluding carboxylic acids is 1. The Balaban J connectivity index is 2.72. The van der Waals surface area contributed by atoms with Crippen LogP contribution in [0.3, 0.4) is 0 Å². The predicted octanol–water partition coefficient (Wildman–Crippen LogP) is 6.22. The number of carbonyl (C=O) groups is 1. The molecule has 0 fully saturated rings. The van der Waals surface area contributed by atoms with Crippen molar-refractivity contribution in [1.29, 1.82) is 0 Å². The lowest BCUT2D eigenvalue weighted by Gasteiger charge is -2.21. The fourth-order valence-corrected chi connectivity index (χ4v) is 2.89. The quantitative estimate of drug-likeness (QED) is 0.360. The largest absolute Gasteiger partial charge is 0.339 e. The van der Waals surface area contributed by atoms with Gasteiger partial charge in [0.2, 0.25) is 5.91 Å². The van der Waals surface area contributed by atoms with Crippen LogP contribution in [0.25, 0.3) is 6.08 Å². The third kappa shape index (κ3) is 7.41. The van der Waals surface area contributed by atoms with Crippen LogP contribution in [0, 0.1) is 0 Å². The standard InChI is InChI=1S/C19H27Cl2NO/c1-3-5-7-14-22(15-8-6-4-2)19(23)13-12-16-17(20)10-9-11-18(16)21/h9-13H,3-8,14-15H2,1-2H3. The summed E-state index contributed by atoms with van der Waals surface area (Å²) < 4.78 is 0. The van der Waals surface area contributed by atoms with Crippen molar-refractivity contribution in [3.05, 3.63) is 39.9 Å². The molecule has 1 aromatic carbocycles. The summed E-state index contributed by atoms with van der Waals surface area (Å²) in [5.74, 6) is 0.0354. The normalized spacial score (nSPS) is 11.1. The van der Waals surface area contributed by atoms with Gasteiger partial charge in [0.25, 0.3) is 0 Å². The maximum absolute atomic E-state index is 12.5. The van der Waals surface area contributed by atoms with Crippen LogP contribution in [0.1, 0.15) is 57.9 Å². The zero-order valence-corrected chi connectivity index (χ0v) is 15.7. The van der Waals surface area contributed by atoms with Gasteiger partial charge in [0.05, 0.1) is 0 Å². The average molecular weight is 356 g/mol. The Morgan fingerprint density at radius 3 is 2.00 bits per heavy atom. The Labute approximate surface area is 150 Å². The third-order valence-corrected chi connectivity index (χ3v) is 4.43. The van der Waals surface area contributed by atoms with Crippen molar-refractivity contribution >= 4 is 35.2 Å². The smallest absolute Gasteiger partial charge is 0.246 e. The molecule has 1 amide bonds. The second kappa shape index (κ2) is 11.5. The highest BCUT2D eigenvalue weighted by atomic mass is 35.5. The molecule has 0 heterocycles. The molecule has 128 valence electrons. The van der Waals surface area contributed by atoms with Crippen molar-refractivity contribution in [2.75, 3.05) is 13.1 Å². The van der Waals surface area contributed by atoms with E-state index in [0.29, 0.717) is 15.6 Å². The molecule has 1 rings (SSSR count). The van der Waals surface area contributed by atoms with Gasteiger partial charge in [0.1, 0.15) is 0 Å². The van der Waals surface area contributed by atoms with Crippen LogP contribution in [-0.4, -0.2) is 23.9 Å². The summed E-state index contributed by atoms with van der Waals surface area (Å²) in [4.78, 5) is 14.4. The predicted molar refractivity (Wildman–Crippen MR) is 101 cm³/mol. The second-order valence-electron chi connectivity index (χ2n) is 5.71. The summed E-state index contributed by atoms with van der Waals surface area (Å²) in [5, 5.41) is 1.12. The molecule has 0 aromatic heterocycles. The van der Waals surface area contributed by atoms with Crippen LogP contribution in [0.15, 0.2) is 24.3 Å². The Morgan fingerprint density at radius 2 is 1.52 bits per heavy atom. The monoisotopic (exact) mass is 355 g/mol. The van der Waals surface area contributed by atoms with Crippen LogP contribution >= 0.6 is 23.2 Å². The molecule has 2 nitrogen and oxygen atoms in total. The van der Waals surface area contributed by atoms with E-state index in [9.17, 15) is 4.79 Å². The van der Waals surface area contributed by atoms with Gasteiger partial charge in [-0.15, -0.1) is 0 Å². The van der Waals surface area contributed by atoms with Crippen LogP contribution < -0.4 is 0 Å².